The zero-order chi connectivity index (χ0) is 32.4. The summed E-state index contributed by atoms with van der Waals surface area (Å²) in [5.74, 6) is 1.15. The number of hydrogen-bond donors (Lipinski definition) is 2. The maximum absolute atomic E-state index is 12.3. The van der Waals surface area contributed by atoms with Crippen LogP contribution < -0.4 is 14.8 Å². The van der Waals surface area contributed by atoms with Gasteiger partial charge in [-0.15, -0.1) is 0 Å². The fraction of sp³-hybridized carbons (Fsp3) is 0.562. The van der Waals surface area contributed by atoms with Gasteiger partial charge >= 0.3 is 12.1 Å². The Bertz CT molecular complexity index is 1420. The van der Waals surface area contributed by atoms with E-state index < -0.39 is 11.6 Å². The van der Waals surface area contributed by atoms with Crippen LogP contribution in [0.15, 0.2) is 30.7 Å². The molecule has 1 aromatic carbocycles. The summed E-state index contributed by atoms with van der Waals surface area (Å²) in [6.45, 7) is 10.6. The van der Waals surface area contributed by atoms with Crippen LogP contribution in [0.4, 0.5) is 16.3 Å². The van der Waals surface area contributed by atoms with Crippen LogP contribution in [-0.2, 0) is 25.5 Å². The molecule has 3 heterocycles. The molecule has 2 N–H and O–H groups in total. The molecule has 45 heavy (non-hydrogen) atoms. The van der Waals surface area contributed by atoms with Crippen LogP contribution >= 0.6 is 0 Å². The highest BCUT2D eigenvalue weighted by Crippen LogP contribution is 2.35. The molecule has 1 aliphatic heterocycles. The quantitative estimate of drug-likeness (QED) is 0.236. The highest BCUT2D eigenvalue weighted by atomic mass is 16.6. The predicted molar refractivity (Wildman–Crippen MR) is 170 cm³/mol. The number of anilines is 2. The number of carbonyl (C=O) groups is 2. The van der Waals surface area contributed by atoms with Gasteiger partial charge in [0, 0.05) is 50.9 Å². The van der Waals surface area contributed by atoms with Crippen LogP contribution in [0.3, 0.4) is 0 Å². The number of benzene rings is 1. The molecule has 13 nitrogen and oxygen atoms in total. The molecule has 13 heteroatoms. The third-order valence-corrected chi connectivity index (χ3v) is 7.05. The van der Waals surface area contributed by atoms with E-state index in [2.05, 4.69) is 25.2 Å². The van der Waals surface area contributed by atoms with E-state index >= 15 is 0 Å². The molecule has 0 atom stereocenters. The number of nitrogens with one attached hydrogen (secondary N) is 2. The van der Waals surface area contributed by atoms with Crippen molar-refractivity contribution in [3.8, 4) is 11.5 Å². The highest BCUT2D eigenvalue weighted by molar-refractivity contribution is 5.92. The first-order valence-electron chi connectivity index (χ1n) is 15.4. The minimum Gasteiger partial charge on any atom is -0.486 e. The van der Waals surface area contributed by atoms with Gasteiger partial charge in [-0.3, -0.25) is 0 Å². The maximum atomic E-state index is 12.3. The van der Waals surface area contributed by atoms with E-state index in [9.17, 15) is 9.59 Å². The third-order valence-electron chi connectivity index (χ3n) is 7.05. The van der Waals surface area contributed by atoms with Gasteiger partial charge in [-0.1, -0.05) is 0 Å². The van der Waals surface area contributed by atoms with Crippen LogP contribution in [0, 0.1) is 0 Å². The number of carbonyl (C=O) groups excluding carboxylic acids is 2. The first-order valence-corrected chi connectivity index (χ1v) is 15.4. The van der Waals surface area contributed by atoms with Crippen molar-refractivity contribution in [1.29, 1.82) is 0 Å². The number of ether oxygens (including phenoxy) is 5. The number of amides is 1. The molecule has 0 saturated carbocycles. The van der Waals surface area contributed by atoms with Crippen LogP contribution in [0.2, 0.25) is 0 Å². The lowest BCUT2D eigenvalue weighted by Crippen LogP contribution is -2.35. The standard InChI is InChI=1S/C32H46N6O7/c1-7-42-27(39)20-43-26-17-23(9-10-25(26)44-24-11-15-41-16-12-24)36-30-28-22(18-33-29(28)34-21-35-30)19-37(5)13-8-14-38(6)31(40)45-32(2,3)4/h9-10,17-18,21,24H,7-8,11-16,19-20H2,1-6H3,(H2,33,34,35,36). The summed E-state index contributed by atoms with van der Waals surface area (Å²) in [5, 5.41) is 4.27. The zero-order valence-electron chi connectivity index (χ0n) is 27.2. The van der Waals surface area contributed by atoms with Gasteiger partial charge in [0.1, 0.15) is 29.5 Å². The molecule has 1 fully saturated rings. The Hall–Kier alpha value is -4.10. The lowest BCUT2D eigenvalue weighted by Gasteiger charge is -2.25. The summed E-state index contributed by atoms with van der Waals surface area (Å²) in [5.41, 5.74) is 1.91. The SMILES string of the molecule is CCOC(=O)COc1cc(Nc2ncnc3[nH]cc(CN(C)CCCN(C)C(=O)OC(C)(C)C)c23)ccc1OC1CCOCC1. The van der Waals surface area contributed by atoms with E-state index in [0.717, 1.165) is 36.8 Å². The van der Waals surface area contributed by atoms with Crippen molar-refractivity contribution in [1.82, 2.24) is 24.8 Å². The van der Waals surface area contributed by atoms with Gasteiger partial charge in [0.2, 0.25) is 0 Å². The van der Waals surface area contributed by atoms with E-state index in [1.807, 2.05) is 46.1 Å². The Morgan fingerprint density at radius 1 is 1.11 bits per heavy atom. The van der Waals surface area contributed by atoms with Gasteiger partial charge in [-0.25, -0.2) is 19.6 Å². The van der Waals surface area contributed by atoms with Crippen molar-refractivity contribution in [2.24, 2.45) is 0 Å². The van der Waals surface area contributed by atoms with E-state index in [-0.39, 0.29) is 25.4 Å². The second-order valence-corrected chi connectivity index (χ2v) is 12.1. The van der Waals surface area contributed by atoms with E-state index in [1.165, 1.54) is 6.33 Å². The molecule has 0 aliphatic carbocycles. The summed E-state index contributed by atoms with van der Waals surface area (Å²) in [7, 11) is 3.79. The highest BCUT2D eigenvalue weighted by Gasteiger charge is 2.21. The normalized spacial score (nSPS) is 13.9. The van der Waals surface area contributed by atoms with Crippen molar-refractivity contribution in [3.05, 3.63) is 36.3 Å². The van der Waals surface area contributed by atoms with Crippen LogP contribution in [0.25, 0.3) is 11.0 Å². The number of hydrogen-bond acceptors (Lipinski definition) is 11. The second-order valence-electron chi connectivity index (χ2n) is 12.1. The van der Waals surface area contributed by atoms with Crippen molar-refractivity contribution >= 4 is 34.6 Å². The molecule has 1 aliphatic rings. The molecular weight excluding hydrogens is 580 g/mol. The molecule has 3 aromatic rings. The third kappa shape index (κ3) is 10.2. The predicted octanol–water partition coefficient (Wildman–Crippen LogP) is 4.89. The Balaban J connectivity index is 1.45. The average molecular weight is 627 g/mol. The molecule has 4 rings (SSSR count). The van der Waals surface area contributed by atoms with E-state index in [1.54, 1.807) is 24.9 Å². The number of rotatable bonds is 14. The summed E-state index contributed by atoms with van der Waals surface area (Å²) < 4.78 is 28.0. The summed E-state index contributed by atoms with van der Waals surface area (Å²) in [4.78, 5) is 40.3. The Morgan fingerprint density at radius 2 is 1.89 bits per heavy atom. The smallest absolute Gasteiger partial charge is 0.410 e. The Morgan fingerprint density at radius 3 is 2.62 bits per heavy atom. The van der Waals surface area contributed by atoms with Crippen molar-refractivity contribution in [2.45, 2.75) is 65.2 Å². The van der Waals surface area contributed by atoms with Gasteiger partial charge in [0.25, 0.3) is 0 Å². The Kier molecular flexibility index (Phi) is 11.8. The lowest BCUT2D eigenvalue weighted by atomic mass is 10.1. The number of aromatic nitrogens is 3. The molecule has 0 bridgehead atoms. The van der Waals surface area contributed by atoms with Gasteiger partial charge in [0.15, 0.2) is 18.1 Å². The molecule has 1 saturated heterocycles. The number of H-pyrrole nitrogens is 1. The molecule has 1 amide bonds. The minimum atomic E-state index is -0.525. The van der Waals surface area contributed by atoms with Crippen molar-refractivity contribution in [2.75, 3.05) is 58.9 Å². The minimum absolute atomic E-state index is 0.00102. The average Bonchev–Trinajstić information content (AvgIpc) is 3.40. The van der Waals surface area contributed by atoms with Gasteiger partial charge in [-0.05, 0) is 65.4 Å². The lowest BCUT2D eigenvalue weighted by molar-refractivity contribution is -0.145. The number of nitrogens with zero attached hydrogens (tertiary/aromatic N) is 4. The van der Waals surface area contributed by atoms with Crippen molar-refractivity contribution in [3.63, 3.8) is 0 Å². The first-order chi connectivity index (χ1) is 21.5. The summed E-state index contributed by atoms with van der Waals surface area (Å²) in [6.07, 6.45) is 5.46. The molecule has 2 aromatic heterocycles. The Labute approximate surface area is 264 Å². The van der Waals surface area contributed by atoms with Crippen LogP contribution in [0.1, 0.15) is 52.5 Å². The maximum Gasteiger partial charge on any atom is 0.410 e. The van der Waals surface area contributed by atoms with E-state index in [0.29, 0.717) is 55.0 Å². The molecule has 0 unspecified atom stereocenters. The van der Waals surface area contributed by atoms with Gasteiger partial charge in [0.05, 0.1) is 25.2 Å². The first kappa shape index (κ1) is 33.8. The summed E-state index contributed by atoms with van der Waals surface area (Å²) >= 11 is 0. The van der Waals surface area contributed by atoms with Gasteiger partial charge in [-0.2, -0.15) is 0 Å². The number of aromatic amines is 1. The second kappa shape index (κ2) is 15.8. The fourth-order valence-corrected chi connectivity index (χ4v) is 4.87. The van der Waals surface area contributed by atoms with Crippen LogP contribution in [-0.4, -0.2) is 102 Å². The fourth-order valence-electron chi connectivity index (χ4n) is 4.87. The zero-order valence-corrected chi connectivity index (χ0v) is 27.2. The van der Waals surface area contributed by atoms with Gasteiger partial charge < -0.3 is 43.8 Å². The summed E-state index contributed by atoms with van der Waals surface area (Å²) in [6, 6.07) is 5.51. The topological polar surface area (TPSA) is 140 Å². The molecule has 0 spiro atoms. The monoisotopic (exact) mass is 626 g/mol. The molecule has 0 radical (unpaired) electrons. The van der Waals surface area contributed by atoms with Crippen molar-refractivity contribution < 1.29 is 33.3 Å². The largest absolute Gasteiger partial charge is 0.486 e. The van der Waals surface area contributed by atoms with E-state index in [4.69, 9.17) is 23.7 Å². The molecular formula is C32H46N6O7. The number of esters is 1. The molecule has 246 valence electrons. The number of fused-ring (bicyclic) bond motifs is 1. The van der Waals surface area contributed by atoms with Crippen LogP contribution in [0.5, 0.6) is 11.5 Å².